The second kappa shape index (κ2) is 6.37. The number of nitrogens with two attached hydrogens (primary N) is 1. The third-order valence-corrected chi connectivity index (χ3v) is 4.19. The van der Waals surface area contributed by atoms with Crippen LogP contribution >= 0.6 is 0 Å². The average molecular weight is 270 g/mol. The van der Waals surface area contributed by atoms with Gasteiger partial charge in [-0.05, 0) is 25.2 Å². The minimum atomic E-state index is -0.793. The SMILES string of the molecule is CCC1(C(=O)O)CCN(C(=O)C(CN)CC(C)C)C1. The summed E-state index contributed by atoms with van der Waals surface area (Å²) in [6.07, 6.45) is 1.87. The fraction of sp³-hybridized carbons (Fsp3) is 0.857. The summed E-state index contributed by atoms with van der Waals surface area (Å²) in [4.78, 5) is 25.5. The molecule has 0 aromatic rings. The zero-order chi connectivity index (χ0) is 14.6. The Morgan fingerprint density at radius 2 is 2.05 bits per heavy atom. The summed E-state index contributed by atoms with van der Waals surface area (Å²) in [7, 11) is 0. The number of aliphatic carboxylic acids is 1. The number of hydrogen-bond acceptors (Lipinski definition) is 3. The van der Waals surface area contributed by atoms with Crippen molar-refractivity contribution in [3.05, 3.63) is 0 Å². The molecule has 1 amide bonds. The molecule has 1 aliphatic rings. The van der Waals surface area contributed by atoms with Crippen LogP contribution in [0.2, 0.25) is 0 Å². The number of hydrogen-bond donors (Lipinski definition) is 2. The maximum Gasteiger partial charge on any atom is 0.311 e. The first-order valence-corrected chi connectivity index (χ1v) is 7.08. The van der Waals surface area contributed by atoms with E-state index in [2.05, 4.69) is 13.8 Å². The summed E-state index contributed by atoms with van der Waals surface area (Å²) >= 11 is 0. The zero-order valence-electron chi connectivity index (χ0n) is 12.2. The van der Waals surface area contributed by atoms with Crippen molar-refractivity contribution < 1.29 is 14.7 Å². The second-order valence-corrected chi connectivity index (χ2v) is 6.01. The van der Waals surface area contributed by atoms with Crippen molar-refractivity contribution in [2.24, 2.45) is 23.0 Å². The highest BCUT2D eigenvalue weighted by Gasteiger charge is 2.45. The van der Waals surface area contributed by atoms with Gasteiger partial charge >= 0.3 is 5.97 Å². The summed E-state index contributed by atoms with van der Waals surface area (Å²) in [6, 6.07) is 0. The van der Waals surface area contributed by atoms with Crippen LogP contribution in [0.15, 0.2) is 0 Å². The third kappa shape index (κ3) is 3.47. The molecule has 5 nitrogen and oxygen atoms in total. The van der Waals surface area contributed by atoms with Crippen LogP contribution in [0.25, 0.3) is 0 Å². The lowest BCUT2D eigenvalue weighted by Crippen LogP contribution is -2.41. The van der Waals surface area contributed by atoms with Gasteiger partial charge in [0.25, 0.3) is 0 Å². The van der Waals surface area contributed by atoms with Crippen LogP contribution in [0, 0.1) is 17.3 Å². The Hall–Kier alpha value is -1.10. The Balaban J connectivity index is 2.72. The summed E-state index contributed by atoms with van der Waals surface area (Å²) in [5, 5.41) is 9.34. The van der Waals surface area contributed by atoms with Gasteiger partial charge in [0.05, 0.1) is 11.3 Å². The molecule has 2 atom stereocenters. The molecule has 110 valence electrons. The molecule has 3 N–H and O–H groups in total. The van der Waals surface area contributed by atoms with Crippen LogP contribution in [0.4, 0.5) is 0 Å². The molecule has 0 aliphatic carbocycles. The van der Waals surface area contributed by atoms with Crippen molar-refractivity contribution in [2.45, 2.75) is 40.0 Å². The van der Waals surface area contributed by atoms with Gasteiger partial charge in [0.1, 0.15) is 0 Å². The number of carboxylic acids is 1. The van der Waals surface area contributed by atoms with E-state index >= 15 is 0 Å². The lowest BCUT2D eigenvalue weighted by atomic mass is 9.84. The van der Waals surface area contributed by atoms with E-state index in [0.717, 1.165) is 6.42 Å². The number of rotatable bonds is 6. The van der Waals surface area contributed by atoms with E-state index in [4.69, 9.17) is 5.73 Å². The molecule has 1 fully saturated rings. The number of nitrogens with zero attached hydrogens (tertiary/aromatic N) is 1. The monoisotopic (exact) mass is 270 g/mol. The van der Waals surface area contributed by atoms with Gasteiger partial charge in [-0.15, -0.1) is 0 Å². The van der Waals surface area contributed by atoms with E-state index < -0.39 is 11.4 Å². The number of carbonyl (C=O) groups excluding carboxylic acids is 1. The van der Waals surface area contributed by atoms with E-state index in [1.54, 1.807) is 4.90 Å². The Bertz CT molecular complexity index is 344. The van der Waals surface area contributed by atoms with Gasteiger partial charge in [-0.1, -0.05) is 20.8 Å². The van der Waals surface area contributed by atoms with Crippen molar-refractivity contribution in [3.63, 3.8) is 0 Å². The fourth-order valence-corrected chi connectivity index (χ4v) is 2.80. The highest BCUT2D eigenvalue weighted by atomic mass is 16.4. The zero-order valence-corrected chi connectivity index (χ0v) is 12.2. The van der Waals surface area contributed by atoms with Crippen LogP contribution < -0.4 is 5.73 Å². The minimum absolute atomic E-state index is 0.0211. The van der Waals surface area contributed by atoms with Gasteiger partial charge < -0.3 is 15.7 Å². The van der Waals surface area contributed by atoms with Crippen LogP contribution in [0.3, 0.4) is 0 Å². The maximum atomic E-state index is 12.4. The van der Waals surface area contributed by atoms with E-state index in [1.807, 2.05) is 6.92 Å². The van der Waals surface area contributed by atoms with Gasteiger partial charge in [-0.3, -0.25) is 9.59 Å². The summed E-state index contributed by atoms with van der Waals surface area (Å²) in [5.74, 6) is -0.539. The average Bonchev–Trinajstić information content (AvgIpc) is 2.80. The Morgan fingerprint density at radius 3 is 2.42 bits per heavy atom. The first-order valence-electron chi connectivity index (χ1n) is 7.08. The number of likely N-dealkylation sites (tertiary alicyclic amines) is 1. The highest BCUT2D eigenvalue weighted by Crippen LogP contribution is 2.35. The topological polar surface area (TPSA) is 83.6 Å². The standard InChI is InChI=1S/C14H26N2O3/c1-4-14(13(18)19)5-6-16(9-14)12(17)11(8-15)7-10(2)3/h10-11H,4-9,15H2,1-3H3,(H,18,19). The fourth-order valence-electron chi connectivity index (χ4n) is 2.80. The van der Waals surface area contributed by atoms with E-state index in [1.165, 1.54) is 0 Å². The van der Waals surface area contributed by atoms with Gasteiger partial charge in [-0.2, -0.15) is 0 Å². The van der Waals surface area contributed by atoms with Crippen LogP contribution in [-0.2, 0) is 9.59 Å². The smallest absolute Gasteiger partial charge is 0.311 e. The van der Waals surface area contributed by atoms with Crippen molar-refractivity contribution in [3.8, 4) is 0 Å². The Morgan fingerprint density at radius 1 is 1.42 bits per heavy atom. The molecule has 0 saturated carbocycles. The highest BCUT2D eigenvalue weighted by molar-refractivity contribution is 5.82. The number of carbonyl (C=O) groups is 2. The maximum absolute atomic E-state index is 12.4. The molecule has 1 rings (SSSR count). The molecular weight excluding hydrogens is 244 g/mol. The van der Waals surface area contributed by atoms with Gasteiger partial charge in [0.2, 0.25) is 5.91 Å². The molecule has 0 aromatic carbocycles. The lowest BCUT2D eigenvalue weighted by molar-refractivity contribution is -0.149. The predicted molar refractivity (Wildman–Crippen MR) is 73.6 cm³/mol. The van der Waals surface area contributed by atoms with Gasteiger partial charge in [-0.25, -0.2) is 0 Å². The lowest BCUT2D eigenvalue weighted by Gasteiger charge is -2.26. The normalized spacial score (nSPS) is 24.8. The first kappa shape index (κ1) is 16.0. The molecule has 2 unspecified atom stereocenters. The molecule has 0 aromatic heterocycles. The molecule has 5 heteroatoms. The van der Waals surface area contributed by atoms with Gasteiger partial charge in [0.15, 0.2) is 0 Å². The molecule has 0 bridgehead atoms. The molecule has 1 saturated heterocycles. The Kier molecular flexibility index (Phi) is 5.35. The van der Waals surface area contributed by atoms with Crippen molar-refractivity contribution in [2.75, 3.05) is 19.6 Å². The molecule has 1 heterocycles. The second-order valence-electron chi connectivity index (χ2n) is 6.01. The summed E-state index contributed by atoms with van der Waals surface area (Å²) < 4.78 is 0. The summed E-state index contributed by atoms with van der Waals surface area (Å²) in [5.41, 5.74) is 4.93. The molecular formula is C14H26N2O3. The van der Waals surface area contributed by atoms with E-state index in [-0.39, 0.29) is 11.8 Å². The van der Waals surface area contributed by atoms with Crippen molar-refractivity contribution >= 4 is 11.9 Å². The molecule has 0 radical (unpaired) electrons. The quantitative estimate of drug-likeness (QED) is 0.762. The minimum Gasteiger partial charge on any atom is -0.481 e. The van der Waals surface area contributed by atoms with Crippen molar-refractivity contribution in [1.29, 1.82) is 0 Å². The van der Waals surface area contributed by atoms with E-state index in [0.29, 0.717) is 38.4 Å². The predicted octanol–water partition coefficient (Wildman–Crippen LogP) is 1.32. The number of carboxylic acid groups (broad SMARTS) is 1. The molecule has 19 heavy (non-hydrogen) atoms. The first-order chi connectivity index (χ1) is 8.86. The van der Waals surface area contributed by atoms with Crippen LogP contribution in [-0.4, -0.2) is 41.5 Å². The molecule has 0 spiro atoms. The largest absolute Gasteiger partial charge is 0.481 e. The summed E-state index contributed by atoms with van der Waals surface area (Å²) in [6.45, 7) is 7.19. The van der Waals surface area contributed by atoms with E-state index in [9.17, 15) is 14.7 Å². The van der Waals surface area contributed by atoms with Crippen LogP contribution in [0.5, 0.6) is 0 Å². The Labute approximate surface area is 115 Å². The van der Waals surface area contributed by atoms with Gasteiger partial charge in [0, 0.05) is 19.6 Å². The third-order valence-electron chi connectivity index (χ3n) is 4.19. The number of amides is 1. The molecule has 1 aliphatic heterocycles. The van der Waals surface area contributed by atoms with Crippen molar-refractivity contribution in [1.82, 2.24) is 4.90 Å². The van der Waals surface area contributed by atoms with Crippen LogP contribution in [0.1, 0.15) is 40.0 Å².